The molecule has 0 radical (unpaired) electrons. The molecule has 79 nitrogen and oxygen atoms in total. The van der Waals surface area contributed by atoms with E-state index in [4.69, 9.17) is 74.2 Å². The van der Waals surface area contributed by atoms with Crippen molar-refractivity contribution >= 4 is 90.0 Å². The van der Waals surface area contributed by atoms with Gasteiger partial charge in [-0.25, -0.2) is 9.13 Å². The van der Waals surface area contributed by atoms with Crippen LogP contribution in [0.15, 0.2) is 0 Å². The molecule has 140 heavy (non-hydrogen) atoms. The monoisotopic (exact) mass is 2140 g/mol. The van der Waals surface area contributed by atoms with Gasteiger partial charge in [-0.05, 0) is 150 Å². The fourth-order valence-electron chi connectivity index (χ4n) is 15.5. The molecule has 18 rings (SSSR count). The summed E-state index contributed by atoms with van der Waals surface area (Å²) in [6.45, 7) is 0.371. The number of nitrogens with zero attached hydrogens (tertiary/aromatic N) is 28. The van der Waals surface area contributed by atoms with Gasteiger partial charge in [-0.1, -0.05) is 15.4 Å². The molecule has 0 saturated carbocycles. The van der Waals surface area contributed by atoms with Crippen molar-refractivity contribution in [2.45, 2.75) is 177 Å². The first-order valence-electron chi connectivity index (χ1n) is 43.3. The number of thioether (sulfide) groups is 2. The van der Waals surface area contributed by atoms with E-state index in [-0.39, 0.29) is 113 Å². The number of phosphoric ester groups is 4. The lowest BCUT2D eigenvalue weighted by atomic mass is 10.1. The summed E-state index contributed by atoms with van der Waals surface area (Å²) in [7, 11) is -12.3. The van der Waals surface area contributed by atoms with Crippen LogP contribution in [0.2, 0.25) is 0 Å². The standard InChI is InChI=1S/C28H58N22O17P2S.C27H57N23O17P2S/c1-18-25(54)28-22(65-18)13-63-68(56,57)62-10-9-29-24(53)8-11-70-14-20(51)6-5-7-23(52)30-15-64-69(58,59)67-27-19(2)66-21(26(27)55)12-60-16-39-40(17-61-28)41-33-31-32-34-43-44(36-35-42(39)41)48-47(43)49-45-37(3)38(4)46(45)50(48)49;1-17-24(54)26-21(66-17)13-63-68(56,57)62-10-9-28-23(53)8-11-70-14-19(51)6-5-7-22(52)29-15-64-69(58,59)67-27-20(65-18(2)25(27)55)12-61-36-44-39(16-60-26)40-32-30-31-33-42-43(35-34-41(40)44)48-47(42)49-45-37(3)38(4)46(45)50(48)49/h18-19,21-22,25-28,31-36,54-55H,5-17H2,1-4H3,(H,29,53)(H,30,52)(H,56,57)(H,58,59);17-18,20-21,24-27,30-36,54-55H,5-16H2,1-4H3,(H,28,53)(H,29,52)(H,56,57)(H,58,59)/p-2/t18?,19-,21?,22?,25?,26?,27-,28?;17?,18-,20?,21?,24?,25-,26?,27?/m00/s1. The Balaban J connectivity index is 0.000000193. The second-order valence-corrected chi connectivity index (χ2v) is 40.1. The highest BCUT2D eigenvalue weighted by Crippen LogP contribution is 2.54. The van der Waals surface area contributed by atoms with E-state index in [2.05, 4.69) is 93.3 Å². The largest absolute Gasteiger partial charge is 0.756 e. The Bertz CT molecular complexity index is 4510. The molecule has 18 heterocycles. The molecule has 23 N–H and O–H groups in total. The third kappa shape index (κ3) is 23.2. The molecule has 18 saturated heterocycles. The van der Waals surface area contributed by atoms with Crippen LogP contribution >= 0.6 is 54.8 Å². The number of ketones is 2. The molecule has 0 aromatic rings. The molecular weight excluding hydrogens is 2020 g/mol. The fourth-order valence-corrected chi connectivity index (χ4v) is 20.3. The third-order valence-electron chi connectivity index (χ3n) is 22.9. The molecule has 18 fully saturated rings. The Labute approximate surface area is 801 Å². The second kappa shape index (κ2) is 46.0. The van der Waals surface area contributed by atoms with Crippen molar-refractivity contribution in [1.29, 1.82) is 0 Å². The zero-order valence-corrected chi connectivity index (χ0v) is 80.9. The van der Waals surface area contributed by atoms with E-state index in [1.165, 1.54) is 99.8 Å². The lowest BCUT2D eigenvalue weighted by molar-refractivity contribution is -0.953. The molecule has 85 heteroatoms. The molecule has 20 atom stereocenters. The first-order valence-corrected chi connectivity index (χ1v) is 51.5. The van der Waals surface area contributed by atoms with Gasteiger partial charge >= 0.3 is 15.6 Å². The number of fused-ring (bicyclic) bond motifs is 33. The average Bonchev–Trinajstić information content (AvgIpc) is 0.838. The summed E-state index contributed by atoms with van der Waals surface area (Å²) in [6, 6.07) is 0. The molecule has 16 unspecified atom stereocenters. The fraction of sp³-hybridized carbons (Fsp3) is 0.891. The highest BCUT2D eigenvalue weighted by molar-refractivity contribution is 8.00. The Morgan fingerprint density at radius 2 is 0.736 bits per heavy atom. The van der Waals surface area contributed by atoms with Crippen LogP contribution in [0.4, 0.5) is 0 Å². The van der Waals surface area contributed by atoms with Crippen LogP contribution in [0, 0.1) is 0 Å². The number of hydrogen-bond acceptors (Lipinski definition) is 75. The number of aliphatic hydroxyl groups is 4. The van der Waals surface area contributed by atoms with E-state index in [1.54, 1.807) is 76.6 Å². The van der Waals surface area contributed by atoms with Gasteiger partial charge in [-0.15, -0.1) is 70.3 Å². The van der Waals surface area contributed by atoms with Crippen LogP contribution < -0.4 is 103 Å². The lowest BCUT2D eigenvalue weighted by Gasteiger charge is -2.84. The summed E-state index contributed by atoms with van der Waals surface area (Å²) in [4.78, 5) is 126. The summed E-state index contributed by atoms with van der Waals surface area (Å²) < 4.78 is 134. The van der Waals surface area contributed by atoms with E-state index in [0.29, 0.717) is 5.75 Å². The van der Waals surface area contributed by atoms with Crippen LogP contribution in [0.1, 0.15) is 79.1 Å². The van der Waals surface area contributed by atoms with Crippen LogP contribution in [0.5, 0.6) is 0 Å². The van der Waals surface area contributed by atoms with Crippen molar-refractivity contribution in [3.05, 3.63) is 0 Å². The summed E-state index contributed by atoms with van der Waals surface area (Å²) in [6.07, 6.45) is -18.3. The van der Waals surface area contributed by atoms with Gasteiger partial charge in [0.05, 0.1) is 75.6 Å². The Morgan fingerprint density at radius 3 is 1.20 bits per heavy atom. The highest BCUT2D eigenvalue weighted by Gasteiger charge is 2.82. The molecule has 2 bridgehead atoms. The first kappa shape index (κ1) is 108. The van der Waals surface area contributed by atoms with E-state index in [1.807, 2.05) is 48.7 Å². The van der Waals surface area contributed by atoms with Gasteiger partial charge in [0, 0.05) is 91.3 Å². The van der Waals surface area contributed by atoms with Crippen LogP contribution in [-0.2, 0) is 121 Å². The predicted molar refractivity (Wildman–Crippen MR) is 438 cm³/mol. The number of carbonyl (C=O) groups excluding carboxylic acids is 6. The van der Waals surface area contributed by atoms with Gasteiger partial charge in [0.25, 0.3) is 15.6 Å². The Kier molecular flexibility index (Phi) is 35.3. The molecular formula is C55H113N45O34P4S2-2. The predicted octanol–water partition coefficient (Wildman–Crippen LogP) is -17.2. The third-order valence-corrected chi connectivity index (χ3v) is 28.7. The maximum absolute atomic E-state index is 13.0. The number of aliphatic hydroxyl groups excluding tert-OH is 4. The highest BCUT2D eigenvalue weighted by atomic mass is 32.2. The average molecular weight is 2140 g/mol. The Hall–Kier alpha value is -3.76. The zero-order chi connectivity index (χ0) is 99.3. The number of nitrogens with one attached hydrogen (secondary N) is 17. The number of carbonyl (C=O) groups is 6. The summed E-state index contributed by atoms with van der Waals surface area (Å²) in [5, 5.41) is 98.6. The van der Waals surface area contributed by atoms with Gasteiger partial charge in [0.2, 0.25) is 23.6 Å². The van der Waals surface area contributed by atoms with Gasteiger partial charge in [0.1, 0.15) is 118 Å². The van der Waals surface area contributed by atoms with Gasteiger partial charge in [-0.2, -0.15) is 45.7 Å². The summed E-state index contributed by atoms with van der Waals surface area (Å²) in [5.41, 5.74) is 37.1. The van der Waals surface area contributed by atoms with Gasteiger partial charge in [-0.3, -0.25) is 60.8 Å². The minimum Gasteiger partial charge on any atom is -0.756 e. The lowest BCUT2D eigenvalue weighted by Crippen LogP contribution is -3.14. The van der Waals surface area contributed by atoms with Crippen LogP contribution in [0.25, 0.3) is 0 Å². The molecule has 4 amide bonds. The van der Waals surface area contributed by atoms with Crippen molar-refractivity contribution in [2.24, 2.45) is 0 Å². The summed E-state index contributed by atoms with van der Waals surface area (Å²) >= 11 is 2.42. The van der Waals surface area contributed by atoms with E-state index in [0.717, 1.165) is 0 Å². The molecule has 0 aliphatic carbocycles. The van der Waals surface area contributed by atoms with Crippen molar-refractivity contribution in [3.63, 3.8) is 0 Å². The van der Waals surface area contributed by atoms with Crippen molar-refractivity contribution in [2.75, 3.05) is 138 Å². The second-order valence-electron chi connectivity index (χ2n) is 32.3. The molecule has 18 aliphatic heterocycles. The number of ether oxygens (including phenoxy) is 7. The number of hydrazine groups is 51. The van der Waals surface area contributed by atoms with Crippen LogP contribution in [0.3, 0.4) is 0 Å². The molecule has 0 aromatic carbocycles. The zero-order valence-electron chi connectivity index (χ0n) is 75.7. The minimum atomic E-state index is -4.96. The number of phosphoric acid groups is 4. The topological polar surface area (TPSA) is 781 Å². The number of rotatable bonds is 0. The first-order chi connectivity index (χ1) is 66.9. The van der Waals surface area contributed by atoms with Gasteiger partial charge < -0.3 is 113 Å². The van der Waals surface area contributed by atoms with Crippen molar-refractivity contribution in [3.8, 4) is 0 Å². The molecule has 0 spiro atoms. The molecule has 796 valence electrons. The maximum atomic E-state index is 13.0. The molecule has 0 aromatic heterocycles. The number of amides is 4. The molecule has 18 aliphatic rings. The van der Waals surface area contributed by atoms with Crippen molar-refractivity contribution < 1.29 is 161 Å². The maximum Gasteiger partial charge on any atom is 0.474 e. The van der Waals surface area contributed by atoms with E-state index < -0.39 is 206 Å². The minimum absolute atomic E-state index is 0.0288. The number of Topliss-reactive ketones (excluding diaryl/α,β-unsaturated/α-hetero) is 2. The Morgan fingerprint density at radius 1 is 0.364 bits per heavy atom. The van der Waals surface area contributed by atoms with E-state index in [9.17, 15) is 87.0 Å². The van der Waals surface area contributed by atoms with Crippen molar-refractivity contribution in [1.82, 2.24) is 239 Å². The quantitative estimate of drug-likeness (QED) is 0.100. The van der Waals surface area contributed by atoms with Crippen LogP contribution in [-0.4, -0.2) is 446 Å². The van der Waals surface area contributed by atoms with Gasteiger partial charge in [0.15, 0.2) is 0 Å². The van der Waals surface area contributed by atoms with E-state index >= 15 is 0 Å². The summed E-state index contributed by atoms with van der Waals surface area (Å²) in [5.74, 6) is -1.52. The SMILES string of the molecule is CC1OC2COP(=O)([O-])OCCNC(=O)CCSCC(=O)CCCC(=O)NCOP(=O)(O)OC3C(CONN4N(COC2C1O)N1NNNNN2N(NNN14)N1N2N2N4N(C)N(C)N4N12)O[C@@H](C)[C@@H]3O.CC1OC2COP(=O)([O-])OCCNC(=O)CCSCC(=O)CCCC(=O)NCOP(=O)(O)O[C@@H]3C(O)C(COCN4N(COC2C1O)N1NNNNN2N(NNN41)N1N2N2N4N(C)N(C)N4N12)O[C@H]3C. The number of hydrogen-bond donors (Lipinski definition) is 23. The smallest absolute Gasteiger partial charge is 0.474 e. The normalized spacial score (nSPS) is 40.7.